The van der Waals surface area contributed by atoms with Crippen LogP contribution in [0.1, 0.15) is 26.7 Å². The Morgan fingerprint density at radius 1 is 1.44 bits per heavy atom. The largest absolute Gasteiger partial charge is 0.497 e. The van der Waals surface area contributed by atoms with E-state index in [-0.39, 0.29) is 5.91 Å². The first kappa shape index (κ1) is 15.0. The Morgan fingerprint density at radius 2 is 2.06 bits per heavy atom. The average molecular weight is 315 g/mol. The van der Waals surface area contributed by atoms with Crippen molar-refractivity contribution in [1.29, 1.82) is 0 Å². The third-order valence-electron chi connectivity index (χ3n) is 3.14. The first-order chi connectivity index (χ1) is 8.46. The van der Waals surface area contributed by atoms with Crippen LogP contribution in [0.15, 0.2) is 22.7 Å². The molecule has 0 radical (unpaired) electrons. The summed E-state index contributed by atoms with van der Waals surface area (Å²) in [5.74, 6) is 0.505. The van der Waals surface area contributed by atoms with Crippen molar-refractivity contribution in [3.8, 4) is 5.75 Å². The highest BCUT2D eigenvalue weighted by atomic mass is 79.9. The third kappa shape index (κ3) is 3.23. The lowest BCUT2D eigenvalue weighted by Gasteiger charge is -2.25. The van der Waals surface area contributed by atoms with Gasteiger partial charge in [-0.2, -0.15) is 0 Å². The maximum atomic E-state index is 12.2. The molecule has 1 rings (SSSR count). The van der Waals surface area contributed by atoms with E-state index in [0.29, 0.717) is 24.3 Å². The molecule has 1 amide bonds. The summed E-state index contributed by atoms with van der Waals surface area (Å²) in [6, 6.07) is 5.40. The minimum atomic E-state index is -0.831. The first-order valence-corrected chi connectivity index (χ1v) is 6.70. The summed E-state index contributed by atoms with van der Waals surface area (Å²) in [7, 11) is 1.58. The molecule has 0 aliphatic carbocycles. The highest BCUT2D eigenvalue weighted by Gasteiger charge is 2.30. The van der Waals surface area contributed by atoms with Crippen molar-refractivity contribution in [3.05, 3.63) is 22.7 Å². The van der Waals surface area contributed by atoms with Gasteiger partial charge >= 0.3 is 0 Å². The molecule has 0 atom stereocenters. The van der Waals surface area contributed by atoms with Gasteiger partial charge in [-0.1, -0.05) is 13.8 Å². The molecule has 5 heteroatoms. The topological polar surface area (TPSA) is 64.4 Å². The molecule has 0 aliphatic heterocycles. The number of ether oxygens (including phenoxy) is 1. The molecule has 0 heterocycles. The van der Waals surface area contributed by atoms with Crippen LogP contribution >= 0.6 is 15.9 Å². The van der Waals surface area contributed by atoms with Crippen LogP contribution in [0.2, 0.25) is 0 Å². The van der Waals surface area contributed by atoms with Gasteiger partial charge in [0.25, 0.3) is 0 Å². The second-order valence-corrected chi connectivity index (χ2v) is 5.02. The number of methoxy groups -OCH3 is 1. The number of halogens is 1. The molecule has 100 valence electrons. The van der Waals surface area contributed by atoms with E-state index in [2.05, 4.69) is 21.2 Å². The molecule has 0 fully saturated rings. The van der Waals surface area contributed by atoms with Gasteiger partial charge in [0, 0.05) is 10.5 Å². The molecule has 0 saturated carbocycles. The normalized spacial score (nSPS) is 11.2. The molecular formula is C13H19BrN2O2. The molecule has 18 heavy (non-hydrogen) atoms. The lowest BCUT2D eigenvalue weighted by molar-refractivity contribution is -0.121. The van der Waals surface area contributed by atoms with Gasteiger partial charge in [0.05, 0.1) is 18.3 Å². The molecule has 3 N–H and O–H groups in total. The summed E-state index contributed by atoms with van der Waals surface area (Å²) >= 11 is 3.39. The fourth-order valence-electron chi connectivity index (χ4n) is 1.55. The molecule has 0 unspecified atom stereocenters. The van der Waals surface area contributed by atoms with E-state index in [0.717, 1.165) is 4.47 Å². The number of carbonyl (C=O) groups excluding carboxylic acids is 1. The van der Waals surface area contributed by atoms with Crippen molar-refractivity contribution in [1.82, 2.24) is 0 Å². The van der Waals surface area contributed by atoms with Crippen LogP contribution in [0.3, 0.4) is 0 Å². The standard InChI is InChI=1S/C13H19BrN2O2/c1-4-13(15,5-2)12(17)16-11-8-9(18-3)6-7-10(11)14/h6-8H,4-5,15H2,1-3H3,(H,16,17). The second kappa shape index (κ2) is 6.20. The van der Waals surface area contributed by atoms with Crippen LogP contribution in [0, 0.1) is 0 Å². The number of hydrogen-bond donors (Lipinski definition) is 2. The fourth-order valence-corrected chi connectivity index (χ4v) is 1.89. The molecule has 1 aromatic rings. The zero-order chi connectivity index (χ0) is 13.8. The van der Waals surface area contributed by atoms with Gasteiger partial charge in [0.2, 0.25) is 5.91 Å². The number of carbonyl (C=O) groups is 1. The summed E-state index contributed by atoms with van der Waals surface area (Å²) in [4.78, 5) is 12.2. The molecule has 1 aromatic carbocycles. The quantitative estimate of drug-likeness (QED) is 0.878. The van der Waals surface area contributed by atoms with Crippen LogP contribution in [0.4, 0.5) is 5.69 Å². The van der Waals surface area contributed by atoms with Crippen LogP contribution in [-0.2, 0) is 4.79 Å². The van der Waals surface area contributed by atoms with E-state index in [9.17, 15) is 4.79 Å². The van der Waals surface area contributed by atoms with Crippen molar-refractivity contribution >= 4 is 27.5 Å². The van der Waals surface area contributed by atoms with Gasteiger partial charge in [-0.05, 0) is 40.9 Å². The van der Waals surface area contributed by atoms with Gasteiger partial charge in [-0.25, -0.2) is 0 Å². The monoisotopic (exact) mass is 314 g/mol. The Kier molecular flexibility index (Phi) is 5.16. The van der Waals surface area contributed by atoms with Gasteiger partial charge in [-0.3, -0.25) is 4.79 Å². The summed E-state index contributed by atoms with van der Waals surface area (Å²) < 4.78 is 5.92. The predicted molar refractivity (Wildman–Crippen MR) is 76.8 cm³/mol. The molecule has 0 aliphatic rings. The van der Waals surface area contributed by atoms with Crippen LogP contribution < -0.4 is 15.8 Å². The zero-order valence-electron chi connectivity index (χ0n) is 10.9. The number of hydrogen-bond acceptors (Lipinski definition) is 3. The fraction of sp³-hybridized carbons (Fsp3) is 0.462. The van der Waals surface area contributed by atoms with E-state index in [4.69, 9.17) is 10.5 Å². The molecule has 0 aromatic heterocycles. The van der Waals surface area contributed by atoms with Crippen molar-refractivity contribution in [2.45, 2.75) is 32.2 Å². The summed E-state index contributed by atoms with van der Waals surface area (Å²) in [6.45, 7) is 3.81. The molecule has 0 bridgehead atoms. The summed E-state index contributed by atoms with van der Waals surface area (Å²) in [5, 5.41) is 2.84. The smallest absolute Gasteiger partial charge is 0.244 e. The summed E-state index contributed by atoms with van der Waals surface area (Å²) in [5.41, 5.74) is 5.88. The minimum absolute atomic E-state index is 0.179. The minimum Gasteiger partial charge on any atom is -0.497 e. The molecule has 0 spiro atoms. The molecular weight excluding hydrogens is 296 g/mol. The molecule has 4 nitrogen and oxygen atoms in total. The van der Waals surface area contributed by atoms with Gasteiger partial charge in [0.1, 0.15) is 5.75 Å². The SMILES string of the molecule is CCC(N)(CC)C(=O)Nc1cc(OC)ccc1Br. The van der Waals surface area contributed by atoms with E-state index in [1.807, 2.05) is 26.0 Å². The van der Waals surface area contributed by atoms with Gasteiger partial charge in [0.15, 0.2) is 0 Å². The Balaban J connectivity index is 2.94. The Hall–Kier alpha value is -1.07. The van der Waals surface area contributed by atoms with Crippen molar-refractivity contribution in [3.63, 3.8) is 0 Å². The summed E-state index contributed by atoms with van der Waals surface area (Å²) in [6.07, 6.45) is 1.19. The highest BCUT2D eigenvalue weighted by molar-refractivity contribution is 9.10. The Bertz CT molecular complexity index is 431. The Morgan fingerprint density at radius 3 is 2.56 bits per heavy atom. The highest BCUT2D eigenvalue weighted by Crippen LogP contribution is 2.28. The van der Waals surface area contributed by atoms with E-state index in [1.165, 1.54) is 0 Å². The zero-order valence-corrected chi connectivity index (χ0v) is 12.5. The number of nitrogens with two attached hydrogens (primary N) is 1. The number of benzene rings is 1. The maximum absolute atomic E-state index is 12.2. The first-order valence-electron chi connectivity index (χ1n) is 5.90. The Labute approximate surface area is 116 Å². The second-order valence-electron chi connectivity index (χ2n) is 4.16. The predicted octanol–water partition coefficient (Wildman–Crippen LogP) is 2.91. The third-order valence-corrected chi connectivity index (χ3v) is 3.83. The number of rotatable bonds is 5. The van der Waals surface area contributed by atoms with Crippen LogP contribution in [-0.4, -0.2) is 18.6 Å². The van der Waals surface area contributed by atoms with Crippen molar-refractivity contribution in [2.75, 3.05) is 12.4 Å². The lowest BCUT2D eigenvalue weighted by atomic mass is 9.93. The molecule has 0 saturated heterocycles. The average Bonchev–Trinajstić information content (AvgIpc) is 2.40. The van der Waals surface area contributed by atoms with Gasteiger partial charge < -0.3 is 15.8 Å². The van der Waals surface area contributed by atoms with Crippen molar-refractivity contribution in [2.24, 2.45) is 5.73 Å². The van der Waals surface area contributed by atoms with Crippen LogP contribution in [0.5, 0.6) is 5.75 Å². The number of anilines is 1. The van der Waals surface area contributed by atoms with E-state index >= 15 is 0 Å². The van der Waals surface area contributed by atoms with Crippen molar-refractivity contribution < 1.29 is 9.53 Å². The van der Waals surface area contributed by atoms with E-state index in [1.54, 1.807) is 13.2 Å². The number of amides is 1. The van der Waals surface area contributed by atoms with Crippen LogP contribution in [0.25, 0.3) is 0 Å². The number of nitrogens with one attached hydrogen (secondary N) is 1. The lowest BCUT2D eigenvalue weighted by Crippen LogP contribution is -2.50. The van der Waals surface area contributed by atoms with Gasteiger partial charge in [-0.15, -0.1) is 0 Å². The maximum Gasteiger partial charge on any atom is 0.244 e. The van der Waals surface area contributed by atoms with E-state index < -0.39 is 5.54 Å².